The summed E-state index contributed by atoms with van der Waals surface area (Å²) < 4.78 is 4.92. The van der Waals surface area contributed by atoms with Crippen LogP contribution in [0, 0.1) is 19.8 Å². The Morgan fingerprint density at radius 1 is 1.32 bits per heavy atom. The van der Waals surface area contributed by atoms with E-state index in [0.717, 1.165) is 5.56 Å². The SMILES string of the molecule is Cc1ccc(CN2C[C@@H](C(=O)N(C)Cc3noc(C)n3)CC2=O)cc1. The van der Waals surface area contributed by atoms with Crippen molar-refractivity contribution < 1.29 is 14.1 Å². The quantitative estimate of drug-likeness (QED) is 0.826. The summed E-state index contributed by atoms with van der Waals surface area (Å²) in [6.07, 6.45) is 0.250. The lowest BCUT2D eigenvalue weighted by Crippen LogP contribution is -2.34. The molecule has 1 aliphatic heterocycles. The van der Waals surface area contributed by atoms with E-state index in [2.05, 4.69) is 10.1 Å². The van der Waals surface area contributed by atoms with Gasteiger partial charge >= 0.3 is 0 Å². The average Bonchev–Trinajstić information content (AvgIpc) is 3.15. The van der Waals surface area contributed by atoms with Crippen LogP contribution >= 0.6 is 0 Å². The molecule has 1 atom stereocenters. The number of nitrogens with zero attached hydrogens (tertiary/aromatic N) is 4. The topological polar surface area (TPSA) is 79.5 Å². The first-order chi connectivity index (χ1) is 11.9. The molecule has 0 bridgehead atoms. The number of aryl methyl sites for hydroxylation is 2. The Morgan fingerprint density at radius 2 is 2.04 bits per heavy atom. The van der Waals surface area contributed by atoms with Crippen molar-refractivity contribution >= 4 is 11.8 Å². The Morgan fingerprint density at radius 3 is 2.68 bits per heavy atom. The summed E-state index contributed by atoms with van der Waals surface area (Å²) >= 11 is 0. The number of carbonyl (C=O) groups is 2. The van der Waals surface area contributed by atoms with Crippen molar-refractivity contribution in [2.75, 3.05) is 13.6 Å². The highest BCUT2D eigenvalue weighted by Gasteiger charge is 2.35. The summed E-state index contributed by atoms with van der Waals surface area (Å²) in [5, 5.41) is 3.80. The Bertz CT molecular complexity index is 769. The van der Waals surface area contributed by atoms with Crippen molar-refractivity contribution in [1.82, 2.24) is 19.9 Å². The lowest BCUT2D eigenvalue weighted by Gasteiger charge is -2.20. The molecule has 0 unspecified atom stereocenters. The molecule has 3 rings (SSSR count). The highest BCUT2D eigenvalue weighted by molar-refractivity contribution is 5.89. The molecule has 1 saturated heterocycles. The highest BCUT2D eigenvalue weighted by atomic mass is 16.5. The Labute approximate surface area is 146 Å². The van der Waals surface area contributed by atoms with Gasteiger partial charge in [-0.25, -0.2) is 0 Å². The second-order valence-electron chi connectivity index (χ2n) is 6.58. The lowest BCUT2D eigenvalue weighted by molar-refractivity contribution is -0.135. The molecule has 2 heterocycles. The molecule has 7 heteroatoms. The first kappa shape index (κ1) is 17.1. The predicted molar refractivity (Wildman–Crippen MR) is 90.2 cm³/mol. The summed E-state index contributed by atoms with van der Waals surface area (Å²) in [5.74, 6) is 0.561. The number of carbonyl (C=O) groups excluding carboxylic acids is 2. The van der Waals surface area contributed by atoms with Gasteiger partial charge in [0.25, 0.3) is 0 Å². The van der Waals surface area contributed by atoms with Crippen LogP contribution in [0.15, 0.2) is 28.8 Å². The lowest BCUT2D eigenvalue weighted by atomic mass is 10.1. The second kappa shape index (κ2) is 7.04. The molecule has 2 aromatic rings. The molecule has 0 saturated carbocycles. The molecule has 1 aromatic carbocycles. The third kappa shape index (κ3) is 4.04. The standard InChI is InChI=1S/C18H22N4O3/c1-12-4-6-14(7-5-12)9-22-10-15(8-17(22)23)18(24)21(3)11-16-19-13(2)25-20-16/h4-7,15H,8-11H2,1-3H3/t15-/m0/s1. The molecule has 1 aliphatic rings. The minimum absolute atomic E-state index is 0.0164. The van der Waals surface area contributed by atoms with Crippen LogP contribution in [0.25, 0.3) is 0 Å². The molecule has 0 radical (unpaired) electrons. The molecule has 25 heavy (non-hydrogen) atoms. The average molecular weight is 342 g/mol. The summed E-state index contributed by atoms with van der Waals surface area (Å²) in [6.45, 7) is 4.99. The zero-order chi connectivity index (χ0) is 18.0. The van der Waals surface area contributed by atoms with Gasteiger partial charge in [0.05, 0.1) is 12.5 Å². The monoisotopic (exact) mass is 342 g/mol. The van der Waals surface area contributed by atoms with E-state index in [-0.39, 0.29) is 30.7 Å². The molecular weight excluding hydrogens is 320 g/mol. The van der Waals surface area contributed by atoms with Crippen LogP contribution in [0.3, 0.4) is 0 Å². The minimum atomic E-state index is -0.323. The second-order valence-corrected chi connectivity index (χ2v) is 6.58. The maximum Gasteiger partial charge on any atom is 0.228 e. The molecule has 0 N–H and O–H groups in total. The molecule has 0 aliphatic carbocycles. The maximum atomic E-state index is 12.6. The summed E-state index contributed by atoms with van der Waals surface area (Å²) in [5.41, 5.74) is 2.26. The molecule has 1 fully saturated rings. The van der Waals surface area contributed by atoms with Crippen molar-refractivity contribution in [3.63, 3.8) is 0 Å². The number of hydrogen-bond donors (Lipinski definition) is 0. The fraction of sp³-hybridized carbons (Fsp3) is 0.444. The van der Waals surface area contributed by atoms with Crippen LogP contribution in [0.4, 0.5) is 0 Å². The molecular formula is C18H22N4O3. The van der Waals surface area contributed by atoms with Crippen molar-refractivity contribution in [3.05, 3.63) is 47.1 Å². The Balaban J connectivity index is 1.59. The van der Waals surface area contributed by atoms with E-state index in [9.17, 15) is 9.59 Å². The number of rotatable bonds is 5. The van der Waals surface area contributed by atoms with Crippen LogP contribution in [0.2, 0.25) is 0 Å². The number of benzene rings is 1. The zero-order valence-corrected chi connectivity index (χ0v) is 14.7. The number of aromatic nitrogens is 2. The van der Waals surface area contributed by atoms with E-state index in [1.54, 1.807) is 23.8 Å². The maximum absolute atomic E-state index is 12.6. The molecule has 132 valence electrons. The van der Waals surface area contributed by atoms with Gasteiger partial charge in [0, 0.05) is 33.5 Å². The van der Waals surface area contributed by atoms with Gasteiger partial charge in [-0.3, -0.25) is 9.59 Å². The van der Waals surface area contributed by atoms with Crippen LogP contribution < -0.4 is 0 Å². The summed E-state index contributed by atoms with van der Waals surface area (Å²) in [6, 6.07) is 8.09. The fourth-order valence-corrected chi connectivity index (χ4v) is 3.01. The number of likely N-dealkylation sites (tertiary alicyclic amines) is 1. The van der Waals surface area contributed by atoms with Crippen molar-refractivity contribution in [2.45, 2.75) is 33.4 Å². The van der Waals surface area contributed by atoms with E-state index >= 15 is 0 Å². The predicted octanol–water partition coefficient (Wildman–Crippen LogP) is 1.69. The molecule has 0 spiro atoms. The largest absolute Gasteiger partial charge is 0.340 e. The third-order valence-electron chi connectivity index (χ3n) is 4.38. The number of hydrogen-bond acceptors (Lipinski definition) is 5. The Hall–Kier alpha value is -2.70. The van der Waals surface area contributed by atoms with Crippen molar-refractivity contribution in [3.8, 4) is 0 Å². The first-order valence-electron chi connectivity index (χ1n) is 8.30. The van der Waals surface area contributed by atoms with Gasteiger partial charge in [-0.2, -0.15) is 4.98 Å². The van der Waals surface area contributed by atoms with Gasteiger partial charge in [-0.15, -0.1) is 0 Å². The van der Waals surface area contributed by atoms with E-state index in [4.69, 9.17) is 4.52 Å². The van der Waals surface area contributed by atoms with E-state index < -0.39 is 0 Å². The molecule has 7 nitrogen and oxygen atoms in total. The summed E-state index contributed by atoms with van der Waals surface area (Å²) in [4.78, 5) is 32.3. The van der Waals surface area contributed by atoms with Crippen molar-refractivity contribution in [1.29, 1.82) is 0 Å². The van der Waals surface area contributed by atoms with E-state index in [0.29, 0.717) is 24.8 Å². The number of amides is 2. The minimum Gasteiger partial charge on any atom is -0.340 e. The molecule has 2 amide bonds. The van der Waals surface area contributed by atoms with Gasteiger partial charge in [-0.1, -0.05) is 35.0 Å². The van der Waals surface area contributed by atoms with Crippen LogP contribution in [-0.2, 0) is 22.7 Å². The van der Waals surface area contributed by atoms with Gasteiger partial charge in [-0.05, 0) is 12.5 Å². The smallest absolute Gasteiger partial charge is 0.228 e. The molecule has 1 aromatic heterocycles. The third-order valence-corrected chi connectivity index (χ3v) is 4.38. The first-order valence-corrected chi connectivity index (χ1v) is 8.30. The van der Waals surface area contributed by atoms with Gasteiger partial charge in [0.15, 0.2) is 5.82 Å². The Kier molecular flexibility index (Phi) is 4.83. The van der Waals surface area contributed by atoms with Gasteiger partial charge in [0.1, 0.15) is 0 Å². The van der Waals surface area contributed by atoms with Crippen LogP contribution in [0.1, 0.15) is 29.3 Å². The van der Waals surface area contributed by atoms with Crippen molar-refractivity contribution in [2.24, 2.45) is 5.92 Å². The van der Waals surface area contributed by atoms with E-state index in [1.807, 2.05) is 31.2 Å². The van der Waals surface area contributed by atoms with Gasteiger partial charge in [0.2, 0.25) is 17.7 Å². The normalized spacial score (nSPS) is 17.2. The zero-order valence-electron chi connectivity index (χ0n) is 14.7. The van der Waals surface area contributed by atoms with E-state index in [1.165, 1.54) is 5.56 Å². The van der Waals surface area contributed by atoms with Crippen LogP contribution in [-0.4, -0.2) is 45.3 Å². The van der Waals surface area contributed by atoms with Crippen LogP contribution in [0.5, 0.6) is 0 Å². The van der Waals surface area contributed by atoms with Gasteiger partial charge < -0.3 is 14.3 Å². The fourth-order valence-electron chi connectivity index (χ4n) is 3.01. The highest BCUT2D eigenvalue weighted by Crippen LogP contribution is 2.22. The summed E-state index contributed by atoms with van der Waals surface area (Å²) in [7, 11) is 1.70.